The average Bonchev–Trinajstić information content (AvgIpc) is 2.58. The summed E-state index contributed by atoms with van der Waals surface area (Å²) in [5, 5.41) is 0. The third-order valence-electron chi connectivity index (χ3n) is 2.33. The summed E-state index contributed by atoms with van der Waals surface area (Å²) in [5.41, 5.74) is 0. The average molecular weight is 198 g/mol. The first-order chi connectivity index (χ1) is 6.83. The standard InChI is InChI=1S/C11H18O3/c1-2-3-4-5-6-7-8-10-9-13-11(12)14-10/h2,10H,1,3-9H2. The molecule has 1 heterocycles. The minimum absolute atomic E-state index is 0.00176. The Morgan fingerprint density at radius 3 is 2.79 bits per heavy atom. The summed E-state index contributed by atoms with van der Waals surface area (Å²) in [6.07, 6.45) is 8.22. The van der Waals surface area contributed by atoms with Crippen LogP contribution in [0, 0.1) is 0 Å². The predicted molar refractivity (Wildman–Crippen MR) is 54.1 cm³/mol. The fourth-order valence-electron chi connectivity index (χ4n) is 1.52. The first kappa shape index (κ1) is 11.1. The summed E-state index contributed by atoms with van der Waals surface area (Å²) in [5.74, 6) is 0. The molecule has 1 fully saturated rings. The van der Waals surface area contributed by atoms with E-state index in [9.17, 15) is 4.79 Å². The summed E-state index contributed by atoms with van der Waals surface area (Å²) in [7, 11) is 0. The van der Waals surface area contributed by atoms with Gasteiger partial charge in [-0.3, -0.25) is 0 Å². The van der Waals surface area contributed by atoms with Crippen molar-refractivity contribution in [2.45, 2.75) is 44.6 Å². The molecule has 1 atom stereocenters. The highest BCUT2D eigenvalue weighted by atomic mass is 16.8. The highest BCUT2D eigenvalue weighted by Gasteiger charge is 2.23. The van der Waals surface area contributed by atoms with Crippen LogP contribution in [0.5, 0.6) is 0 Å². The lowest BCUT2D eigenvalue weighted by molar-refractivity contribution is 0.115. The van der Waals surface area contributed by atoms with Crippen LogP contribution < -0.4 is 0 Å². The molecule has 80 valence electrons. The van der Waals surface area contributed by atoms with E-state index in [1.165, 1.54) is 19.3 Å². The van der Waals surface area contributed by atoms with E-state index in [-0.39, 0.29) is 6.10 Å². The van der Waals surface area contributed by atoms with E-state index in [0.29, 0.717) is 6.61 Å². The van der Waals surface area contributed by atoms with Gasteiger partial charge in [0.1, 0.15) is 12.7 Å². The van der Waals surface area contributed by atoms with Crippen LogP contribution in [0.2, 0.25) is 0 Å². The van der Waals surface area contributed by atoms with Crippen LogP contribution >= 0.6 is 0 Å². The summed E-state index contributed by atoms with van der Waals surface area (Å²) in [6.45, 7) is 4.11. The van der Waals surface area contributed by atoms with Crippen molar-refractivity contribution in [3.63, 3.8) is 0 Å². The highest BCUT2D eigenvalue weighted by Crippen LogP contribution is 2.14. The monoisotopic (exact) mass is 198 g/mol. The molecule has 0 N–H and O–H groups in total. The zero-order valence-electron chi connectivity index (χ0n) is 8.54. The van der Waals surface area contributed by atoms with Gasteiger partial charge in [0.25, 0.3) is 0 Å². The number of hydrogen-bond donors (Lipinski definition) is 0. The fourth-order valence-corrected chi connectivity index (χ4v) is 1.52. The Balaban J connectivity index is 1.89. The minimum Gasteiger partial charge on any atom is -0.430 e. The van der Waals surface area contributed by atoms with E-state index in [0.717, 1.165) is 19.3 Å². The third-order valence-corrected chi connectivity index (χ3v) is 2.33. The van der Waals surface area contributed by atoms with Crippen LogP contribution in [0.3, 0.4) is 0 Å². The third kappa shape index (κ3) is 4.30. The van der Waals surface area contributed by atoms with Crippen molar-refractivity contribution in [1.82, 2.24) is 0 Å². The summed E-state index contributed by atoms with van der Waals surface area (Å²) in [6, 6.07) is 0. The maximum atomic E-state index is 10.6. The molecule has 0 bridgehead atoms. The molecule has 0 saturated carbocycles. The number of allylic oxidation sites excluding steroid dienone is 1. The van der Waals surface area contributed by atoms with Crippen molar-refractivity contribution in [2.24, 2.45) is 0 Å². The van der Waals surface area contributed by atoms with Crippen LogP contribution in [0.4, 0.5) is 4.79 Å². The molecule has 0 radical (unpaired) electrons. The van der Waals surface area contributed by atoms with Crippen LogP contribution in [-0.2, 0) is 9.47 Å². The first-order valence-corrected chi connectivity index (χ1v) is 5.27. The molecule has 0 aliphatic carbocycles. The van der Waals surface area contributed by atoms with Crippen LogP contribution in [0.15, 0.2) is 12.7 Å². The Morgan fingerprint density at radius 2 is 2.14 bits per heavy atom. The molecule has 14 heavy (non-hydrogen) atoms. The Labute approximate surface area is 85.1 Å². The molecule has 0 spiro atoms. The van der Waals surface area contributed by atoms with Gasteiger partial charge in [0.05, 0.1) is 0 Å². The number of hydrogen-bond acceptors (Lipinski definition) is 3. The van der Waals surface area contributed by atoms with Crippen molar-refractivity contribution >= 4 is 6.16 Å². The summed E-state index contributed by atoms with van der Waals surface area (Å²) >= 11 is 0. The lowest BCUT2D eigenvalue weighted by Crippen LogP contribution is -2.09. The second kappa shape index (κ2) is 6.46. The van der Waals surface area contributed by atoms with Crippen molar-refractivity contribution in [3.8, 4) is 0 Å². The lowest BCUT2D eigenvalue weighted by atomic mass is 10.1. The number of carbonyl (C=O) groups is 1. The molecule has 0 aromatic rings. The van der Waals surface area contributed by atoms with Gasteiger partial charge < -0.3 is 9.47 Å². The zero-order valence-corrected chi connectivity index (χ0v) is 8.54. The molecule has 3 nitrogen and oxygen atoms in total. The molecule has 1 rings (SSSR count). The van der Waals surface area contributed by atoms with Gasteiger partial charge in [0.15, 0.2) is 0 Å². The van der Waals surface area contributed by atoms with Gasteiger partial charge in [0.2, 0.25) is 0 Å². The quantitative estimate of drug-likeness (QED) is 0.358. The second-order valence-electron chi connectivity index (χ2n) is 3.58. The largest absolute Gasteiger partial charge is 0.508 e. The Bertz CT molecular complexity index is 189. The number of unbranched alkanes of at least 4 members (excludes halogenated alkanes) is 4. The first-order valence-electron chi connectivity index (χ1n) is 5.27. The van der Waals surface area contributed by atoms with Gasteiger partial charge in [-0.25, -0.2) is 4.79 Å². The zero-order chi connectivity index (χ0) is 10.2. The smallest absolute Gasteiger partial charge is 0.430 e. The second-order valence-corrected chi connectivity index (χ2v) is 3.58. The van der Waals surface area contributed by atoms with E-state index in [1.807, 2.05) is 6.08 Å². The van der Waals surface area contributed by atoms with E-state index in [4.69, 9.17) is 4.74 Å². The lowest BCUT2D eigenvalue weighted by Gasteiger charge is -2.04. The van der Waals surface area contributed by atoms with Crippen molar-refractivity contribution in [2.75, 3.05) is 6.61 Å². The van der Waals surface area contributed by atoms with Crippen molar-refractivity contribution in [1.29, 1.82) is 0 Å². The molecule has 1 saturated heterocycles. The van der Waals surface area contributed by atoms with Crippen molar-refractivity contribution < 1.29 is 14.3 Å². The topological polar surface area (TPSA) is 35.5 Å². The number of carbonyl (C=O) groups excluding carboxylic acids is 1. The van der Waals surface area contributed by atoms with E-state index < -0.39 is 6.16 Å². The minimum atomic E-state index is -0.512. The van der Waals surface area contributed by atoms with Crippen LogP contribution in [0.25, 0.3) is 0 Å². The SMILES string of the molecule is C=CCCCCCCC1COC(=O)O1. The molecule has 1 unspecified atom stereocenters. The van der Waals surface area contributed by atoms with Crippen molar-refractivity contribution in [3.05, 3.63) is 12.7 Å². The number of cyclic esters (lactones) is 2. The predicted octanol–water partition coefficient (Wildman–Crippen LogP) is 3.05. The van der Waals surface area contributed by atoms with Crippen LogP contribution in [0.1, 0.15) is 38.5 Å². The van der Waals surface area contributed by atoms with Crippen LogP contribution in [-0.4, -0.2) is 18.9 Å². The molecular weight excluding hydrogens is 180 g/mol. The number of rotatable bonds is 7. The van der Waals surface area contributed by atoms with Gasteiger partial charge in [0, 0.05) is 0 Å². The van der Waals surface area contributed by atoms with Gasteiger partial charge in [-0.1, -0.05) is 18.9 Å². The summed E-state index contributed by atoms with van der Waals surface area (Å²) in [4.78, 5) is 10.6. The van der Waals surface area contributed by atoms with Gasteiger partial charge >= 0.3 is 6.16 Å². The van der Waals surface area contributed by atoms with Gasteiger partial charge in [-0.15, -0.1) is 6.58 Å². The Kier molecular flexibility index (Phi) is 5.12. The van der Waals surface area contributed by atoms with Gasteiger partial charge in [-0.05, 0) is 25.7 Å². The fraction of sp³-hybridized carbons (Fsp3) is 0.727. The Morgan fingerprint density at radius 1 is 1.36 bits per heavy atom. The van der Waals surface area contributed by atoms with E-state index in [1.54, 1.807) is 0 Å². The maximum Gasteiger partial charge on any atom is 0.508 e. The molecule has 1 aliphatic heterocycles. The van der Waals surface area contributed by atoms with E-state index >= 15 is 0 Å². The van der Waals surface area contributed by atoms with E-state index in [2.05, 4.69) is 11.3 Å². The molecule has 0 aromatic heterocycles. The van der Waals surface area contributed by atoms with Gasteiger partial charge in [-0.2, -0.15) is 0 Å². The highest BCUT2D eigenvalue weighted by molar-refractivity contribution is 5.61. The molecular formula is C11H18O3. The summed E-state index contributed by atoms with van der Waals surface area (Å²) < 4.78 is 9.60. The molecule has 1 aliphatic rings. The molecule has 3 heteroatoms. The number of ether oxygens (including phenoxy) is 2. The Hall–Kier alpha value is -0.990. The molecule has 0 aromatic carbocycles. The maximum absolute atomic E-state index is 10.6. The normalized spacial score (nSPS) is 20.3. The molecule has 0 amide bonds.